The van der Waals surface area contributed by atoms with Crippen molar-refractivity contribution in [2.75, 3.05) is 19.7 Å². The Labute approximate surface area is 139 Å². The van der Waals surface area contributed by atoms with E-state index in [-0.39, 0.29) is 29.0 Å². The standard InChI is InChI=1S/C19H19F2NO2/c20-16-6-2-1-5-15(16)19(23)22-11-9-14(13-22)10-12-24-18-8-4-3-7-17(18)21/h1-8,14H,9-13H2. The second-order valence-corrected chi connectivity index (χ2v) is 5.95. The van der Waals surface area contributed by atoms with Crippen molar-refractivity contribution in [3.8, 4) is 5.75 Å². The number of nitrogens with zero attached hydrogens (tertiary/aromatic N) is 1. The van der Waals surface area contributed by atoms with E-state index in [1.807, 2.05) is 0 Å². The maximum Gasteiger partial charge on any atom is 0.256 e. The van der Waals surface area contributed by atoms with Crippen molar-refractivity contribution in [1.29, 1.82) is 0 Å². The highest BCUT2D eigenvalue weighted by atomic mass is 19.1. The molecule has 1 amide bonds. The summed E-state index contributed by atoms with van der Waals surface area (Å²) < 4.78 is 32.6. The van der Waals surface area contributed by atoms with Crippen LogP contribution in [0.1, 0.15) is 23.2 Å². The summed E-state index contributed by atoms with van der Waals surface area (Å²) in [6, 6.07) is 12.3. The highest BCUT2D eigenvalue weighted by molar-refractivity contribution is 5.94. The minimum Gasteiger partial charge on any atom is -0.491 e. The average molecular weight is 331 g/mol. The molecule has 1 saturated heterocycles. The quantitative estimate of drug-likeness (QED) is 0.832. The van der Waals surface area contributed by atoms with Gasteiger partial charge in [0.05, 0.1) is 12.2 Å². The molecule has 1 aliphatic heterocycles. The van der Waals surface area contributed by atoms with Crippen molar-refractivity contribution in [1.82, 2.24) is 4.90 Å². The normalized spacial score (nSPS) is 17.1. The zero-order valence-corrected chi connectivity index (χ0v) is 13.3. The van der Waals surface area contributed by atoms with Gasteiger partial charge in [0.1, 0.15) is 5.82 Å². The molecule has 0 N–H and O–H groups in total. The van der Waals surface area contributed by atoms with Gasteiger partial charge in [0.15, 0.2) is 11.6 Å². The summed E-state index contributed by atoms with van der Waals surface area (Å²) in [6.45, 7) is 1.58. The molecule has 0 spiro atoms. The van der Waals surface area contributed by atoms with E-state index in [2.05, 4.69) is 0 Å². The van der Waals surface area contributed by atoms with Gasteiger partial charge in [0.25, 0.3) is 5.91 Å². The lowest BCUT2D eigenvalue weighted by Crippen LogP contribution is -2.29. The lowest BCUT2D eigenvalue weighted by atomic mass is 10.1. The minimum atomic E-state index is -0.492. The maximum absolute atomic E-state index is 13.7. The Kier molecular flexibility index (Phi) is 5.08. The summed E-state index contributed by atoms with van der Waals surface area (Å²) in [7, 11) is 0. The van der Waals surface area contributed by atoms with Gasteiger partial charge in [-0.15, -0.1) is 0 Å². The summed E-state index contributed by atoms with van der Waals surface area (Å²) in [5.41, 5.74) is 0.112. The Morgan fingerprint density at radius 3 is 2.54 bits per heavy atom. The van der Waals surface area contributed by atoms with Gasteiger partial charge < -0.3 is 9.64 Å². The number of ether oxygens (including phenoxy) is 1. The topological polar surface area (TPSA) is 29.5 Å². The van der Waals surface area contributed by atoms with E-state index in [1.165, 1.54) is 18.2 Å². The molecule has 2 aromatic carbocycles. The Balaban J connectivity index is 1.50. The van der Waals surface area contributed by atoms with Gasteiger partial charge in [-0.2, -0.15) is 0 Å². The fourth-order valence-corrected chi connectivity index (χ4v) is 2.96. The molecule has 24 heavy (non-hydrogen) atoms. The molecule has 1 fully saturated rings. The lowest BCUT2D eigenvalue weighted by molar-refractivity contribution is 0.0780. The highest BCUT2D eigenvalue weighted by Gasteiger charge is 2.28. The van der Waals surface area contributed by atoms with Gasteiger partial charge >= 0.3 is 0 Å². The fourth-order valence-electron chi connectivity index (χ4n) is 2.96. The molecular weight excluding hydrogens is 312 g/mol. The number of para-hydroxylation sites is 1. The maximum atomic E-state index is 13.7. The molecule has 1 atom stereocenters. The lowest BCUT2D eigenvalue weighted by Gasteiger charge is -2.17. The number of hydrogen-bond donors (Lipinski definition) is 0. The zero-order valence-electron chi connectivity index (χ0n) is 13.3. The predicted octanol–water partition coefficient (Wildman–Crippen LogP) is 3.90. The van der Waals surface area contributed by atoms with Gasteiger partial charge in [0, 0.05) is 13.1 Å². The van der Waals surface area contributed by atoms with E-state index >= 15 is 0 Å². The molecule has 2 aromatic rings. The third-order valence-electron chi connectivity index (χ3n) is 4.30. The monoisotopic (exact) mass is 331 g/mol. The van der Waals surface area contributed by atoms with Crippen LogP contribution in [0.2, 0.25) is 0 Å². The van der Waals surface area contributed by atoms with E-state index in [0.717, 1.165) is 12.8 Å². The summed E-state index contributed by atoms with van der Waals surface area (Å²) >= 11 is 0. The van der Waals surface area contributed by atoms with Gasteiger partial charge in [-0.1, -0.05) is 24.3 Å². The molecule has 1 heterocycles. The Hall–Kier alpha value is -2.43. The molecule has 0 aromatic heterocycles. The number of halogens is 2. The second kappa shape index (κ2) is 7.43. The number of rotatable bonds is 5. The second-order valence-electron chi connectivity index (χ2n) is 5.95. The third-order valence-corrected chi connectivity index (χ3v) is 4.30. The van der Waals surface area contributed by atoms with Gasteiger partial charge in [-0.3, -0.25) is 4.79 Å². The minimum absolute atomic E-state index is 0.112. The molecule has 3 rings (SSSR count). The highest BCUT2D eigenvalue weighted by Crippen LogP contribution is 2.23. The van der Waals surface area contributed by atoms with Crippen LogP contribution in [0.5, 0.6) is 5.75 Å². The number of carbonyl (C=O) groups is 1. The van der Waals surface area contributed by atoms with E-state index in [0.29, 0.717) is 19.7 Å². The van der Waals surface area contributed by atoms with Crippen molar-refractivity contribution < 1.29 is 18.3 Å². The van der Waals surface area contributed by atoms with Crippen molar-refractivity contribution in [3.05, 3.63) is 65.7 Å². The van der Waals surface area contributed by atoms with Crippen LogP contribution >= 0.6 is 0 Å². The Morgan fingerprint density at radius 2 is 1.79 bits per heavy atom. The van der Waals surface area contributed by atoms with E-state index in [4.69, 9.17) is 4.74 Å². The van der Waals surface area contributed by atoms with Gasteiger partial charge in [0.2, 0.25) is 0 Å². The fraction of sp³-hybridized carbons (Fsp3) is 0.316. The summed E-state index contributed by atoms with van der Waals surface area (Å²) in [5.74, 6) is -0.609. The smallest absolute Gasteiger partial charge is 0.256 e. The molecular formula is C19H19F2NO2. The molecule has 1 unspecified atom stereocenters. The number of benzene rings is 2. The number of hydrogen-bond acceptors (Lipinski definition) is 2. The Bertz CT molecular complexity index is 720. The Morgan fingerprint density at radius 1 is 1.08 bits per heavy atom. The van der Waals surface area contributed by atoms with Crippen LogP contribution < -0.4 is 4.74 Å². The van der Waals surface area contributed by atoms with Crippen LogP contribution in [0.15, 0.2) is 48.5 Å². The predicted molar refractivity (Wildman–Crippen MR) is 86.9 cm³/mol. The number of amides is 1. The summed E-state index contributed by atoms with van der Waals surface area (Å²) in [6.07, 6.45) is 1.58. The SMILES string of the molecule is O=C(c1ccccc1F)N1CCC(CCOc2ccccc2F)C1. The van der Waals surface area contributed by atoms with Crippen LogP contribution in [-0.2, 0) is 0 Å². The summed E-state index contributed by atoms with van der Waals surface area (Å²) in [4.78, 5) is 14.0. The first-order valence-electron chi connectivity index (χ1n) is 8.06. The molecule has 5 heteroatoms. The van der Waals surface area contributed by atoms with Gasteiger partial charge in [-0.05, 0) is 43.0 Å². The van der Waals surface area contributed by atoms with Crippen LogP contribution in [0.3, 0.4) is 0 Å². The molecule has 0 radical (unpaired) electrons. The first kappa shape index (κ1) is 16.4. The van der Waals surface area contributed by atoms with Crippen molar-refractivity contribution in [2.45, 2.75) is 12.8 Å². The van der Waals surface area contributed by atoms with E-state index in [1.54, 1.807) is 35.2 Å². The van der Waals surface area contributed by atoms with E-state index in [9.17, 15) is 13.6 Å². The first-order valence-corrected chi connectivity index (χ1v) is 8.06. The molecule has 3 nitrogen and oxygen atoms in total. The van der Waals surface area contributed by atoms with Gasteiger partial charge in [-0.25, -0.2) is 8.78 Å². The van der Waals surface area contributed by atoms with Crippen LogP contribution in [-0.4, -0.2) is 30.5 Å². The number of carbonyl (C=O) groups excluding carboxylic acids is 1. The summed E-state index contributed by atoms with van der Waals surface area (Å²) in [5, 5.41) is 0. The molecule has 1 aliphatic rings. The number of likely N-dealkylation sites (tertiary alicyclic amines) is 1. The first-order chi connectivity index (χ1) is 11.6. The zero-order chi connectivity index (χ0) is 16.9. The molecule has 0 saturated carbocycles. The van der Waals surface area contributed by atoms with E-state index < -0.39 is 5.82 Å². The average Bonchev–Trinajstić information content (AvgIpc) is 3.05. The van der Waals surface area contributed by atoms with Crippen molar-refractivity contribution in [3.63, 3.8) is 0 Å². The largest absolute Gasteiger partial charge is 0.491 e. The third kappa shape index (κ3) is 3.72. The van der Waals surface area contributed by atoms with Crippen LogP contribution in [0.4, 0.5) is 8.78 Å². The molecule has 0 aliphatic carbocycles. The molecule has 0 bridgehead atoms. The van der Waals surface area contributed by atoms with Crippen LogP contribution in [0.25, 0.3) is 0 Å². The van der Waals surface area contributed by atoms with Crippen molar-refractivity contribution >= 4 is 5.91 Å². The molecule has 126 valence electrons. The van der Waals surface area contributed by atoms with Crippen molar-refractivity contribution in [2.24, 2.45) is 5.92 Å². The van der Waals surface area contributed by atoms with Crippen LogP contribution in [0, 0.1) is 17.6 Å².